The minimum atomic E-state index is -3.44. The lowest BCUT2D eigenvalue weighted by atomic mass is 9.90. The zero-order chi connectivity index (χ0) is 21.3. The van der Waals surface area contributed by atoms with Crippen molar-refractivity contribution in [2.75, 3.05) is 15.8 Å². The molecule has 0 saturated carbocycles. The smallest absolute Gasteiger partial charge is 0.257 e. The van der Waals surface area contributed by atoms with Gasteiger partial charge in [-0.1, -0.05) is 54.1 Å². The summed E-state index contributed by atoms with van der Waals surface area (Å²) in [4.78, 5) is 13.0. The second-order valence-corrected chi connectivity index (χ2v) is 9.29. The molecule has 0 saturated heterocycles. The predicted octanol–water partition coefficient (Wildman–Crippen LogP) is 5.01. The number of fused-ring (bicyclic) bond motifs is 1. The van der Waals surface area contributed by atoms with Gasteiger partial charge in [0.2, 0.25) is 10.0 Å². The van der Waals surface area contributed by atoms with E-state index >= 15 is 0 Å². The fourth-order valence-electron chi connectivity index (χ4n) is 3.41. The summed E-state index contributed by atoms with van der Waals surface area (Å²) in [7, 11) is -3.44. The SMILES string of the molecule is CCS(=O)(=O)Nc1ccc2c(c1)/C(=C(\c1ccccc1)c1ccc(Cl)cc1)C(=O)N2. The van der Waals surface area contributed by atoms with E-state index in [1.807, 2.05) is 42.5 Å². The van der Waals surface area contributed by atoms with E-state index in [9.17, 15) is 13.2 Å². The number of nitrogens with one attached hydrogen (secondary N) is 2. The molecule has 30 heavy (non-hydrogen) atoms. The number of benzene rings is 3. The highest BCUT2D eigenvalue weighted by Crippen LogP contribution is 2.41. The summed E-state index contributed by atoms with van der Waals surface area (Å²) in [6.45, 7) is 1.57. The molecule has 4 rings (SSSR count). The van der Waals surface area contributed by atoms with Gasteiger partial charge in [-0.15, -0.1) is 0 Å². The summed E-state index contributed by atoms with van der Waals surface area (Å²) < 4.78 is 26.6. The highest BCUT2D eigenvalue weighted by Gasteiger charge is 2.29. The Balaban J connectivity index is 1.95. The Kier molecular flexibility index (Phi) is 5.37. The van der Waals surface area contributed by atoms with Crippen LogP contribution in [0.15, 0.2) is 72.8 Å². The zero-order valence-electron chi connectivity index (χ0n) is 16.1. The summed E-state index contributed by atoms with van der Waals surface area (Å²) in [5, 5.41) is 3.48. The Labute approximate surface area is 180 Å². The van der Waals surface area contributed by atoms with Gasteiger partial charge in [0.1, 0.15) is 0 Å². The van der Waals surface area contributed by atoms with Crippen LogP contribution >= 0.6 is 11.6 Å². The quantitative estimate of drug-likeness (QED) is 0.549. The number of amides is 1. The first-order chi connectivity index (χ1) is 14.4. The van der Waals surface area contributed by atoms with Crippen LogP contribution in [-0.4, -0.2) is 20.1 Å². The van der Waals surface area contributed by atoms with E-state index in [1.165, 1.54) is 0 Å². The lowest BCUT2D eigenvalue weighted by Gasteiger charge is -2.13. The normalized spacial score (nSPS) is 14.8. The van der Waals surface area contributed by atoms with Gasteiger partial charge in [-0.3, -0.25) is 9.52 Å². The number of anilines is 2. The van der Waals surface area contributed by atoms with Gasteiger partial charge in [0.25, 0.3) is 5.91 Å². The number of rotatable bonds is 5. The molecule has 1 amide bonds. The molecular formula is C23H19ClN2O3S. The molecule has 0 radical (unpaired) electrons. The second-order valence-electron chi connectivity index (χ2n) is 6.84. The molecule has 0 aromatic heterocycles. The van der Waals surface area contributed by atoms with Crippen LogP contribution in [-0.2, 0) is 14.8 Å². The van der Waals surface area contributed by atoms with E-state index in [2.05, 4.69) is 10.0 Å². The van der Waals surface area contributed by atoms with Crippen LogP contribution in [0.1, 0.15) is 23.6 Å². The van der Waals surface area contributed by atoms with Crippen molar-refractivity contribution in [3.8, 4) is 0 Å². The lowest BCUT2D eigenvalue weighted by molar-refractivity contribution is -0.110. The Morgan fingerprint density at radius 1 is 0.967 bits per heavy atom. The van der Waals surface area contributed by atoms with Crippen molar-refractivity contribution in [3.05, 3.63) is 94.5 Å². The van der Waals surface area contributed by atoms with Gasteiger partial charge < -0.3 is 5.32 Å². The second kappa shape index (κ2) is 7.97. The van der Waals surface area contributed by atoms with Crippen LogP contribution in [0.2, 0.25) is 5.02 Å². The van der Waals surface area contributed by atoms with E-state index in [0.29, 0.717) is 27.5 Å². The predicted molar refractivity (Wildman–Crippen MR) is 122 cm³/mol. The average Bonchev–Trinajstić information content (AvgIpc) is 3.05. The van der Waals surface area contributed by atoms with Gasteiger partial charge in [0.05, 0.1) is 11.3 Å². The van der Waals surface area contributed by atoms with Crippen LogP contribution in [0, 0.1) is 0 Å². The average molecular weight is 439 g/mol. The third-order valence-corrected chi connectivity index (χ3v) is 6.42. The minimum absolute atomic E-state index is 0.0377. The lowest BCUT2D eigenvalue weighted by Crippen LogP contribution is -2.14. The summed E-state index contributed by atoms with van der Waals surface area (Å²) in [6, 6.07) is 21.9. The number of hydrogen-bond donors (Lipinski definition) is 2. The van der Waals surface area contributed by atoms with Gasteiger partial charge in [-0.2, -0.15) is 0 Å². The van der Waals surface area contributed by atoms with Crippen molar-refractivity contribution in [1.82, 2.24) is 0 Å². The summed E-state index contributed by atoms with van der Waals surface area (Å²) >= 11 is 6.07. The van der Waals surface area contributed by atoms with E-state index < -0.39 is 10.0 Å². The minimum Gasteiger partial charge on any atom is -0.321 e. The Bertz CT molecular complexity index is 1250. The molecule has 3 aromatic rings. The Hall–Kier alpha value is -3.09. The van der Waals surface area contributed by atoms with Crippen LogP contribution in [0.5, 0.6) is 0 Å². The molecule has 0 spiro atoms. The summed E-state index contributed by atoms with van der Waals surface area (Å²) in [5.41, 5.74) is 4.63. The molecule has 0 unspecified atom stereocenters. The van der Waals surface area contributed by atoms with Crippen LogP contribution in [0.3, 0.4) is 0 Å². The number of sulfonamides is 1. The number of carbonyl (C=O) groups is 1. The van der Waals surface area contributed by atoms with Crippen molar-refractivity contribution in [2.45, 2.75) is 6.92 Å². The Morgan fingerprint density at radius 3 is 2.30 bits per heavy atom. The topological polar surface area (TPSA) is 75.3 Å². The third kappa shape index (κ3) is 3.97. The van der Waals surface area contributed by atoms with Gasteiger partial charge in [0, 0.05) is 27.5 Å². The zero-order valence-corrected chi connectivity index (χ0v) is 17.7. The molecule has 0 bridgehead atoms. The molecule has 1 aliphatic rings. The maximum absolute atomic E-state index is 13.0. The molecular weight excluding hydrogens is 420 g/mol. The molecule has 1 heterocycles. The fourth-order valence-corrected chi connectivity index (χ4v) is 4.16. The highest BCUT2D eigenvalue weighted by molar-refractivity contribution is 7.92. The first-order valence-electron chi connectivity index (χ1n) is 9.40. The van der Waals surface area contributed by atoms with E-state index in [-0.39, 0.29) is 11.7 Å². The molecule has 2 N–H and O–H groups in total. The Morgan fingerprint density at radius 2 is 1.63 bits per heavy atom. The van der Waals surface area contributed by atoms with Crippen LogP contribution in [0.4, 0.5) is 11.4 Å². The molecule has 152 valence electrons. The summed E-state index contributed by atoms with van der Waals surface area (Å²) in [5.74, 6) is -0.279. The molecule has 1 aliphatic heterocycles. The van der Waals surface area contributed by atoms with Gasteiger partial charge in [-0.25, -0.2) is 8.42 Å². The third-order valence-electron chi connectivity index (χ3n) is 4.86. The molecule has 0 atom stereocenters. The summed E-state index contributed by atoms with van der Waals surface area (Å²) in [6.07, 6.45) is 0. The standard InChI is InChI=1S/C23H19ClN2O3S/c1-2-30(28,29)26-18-12-13-20-19(14-18)22(23(27)25-20)21(15-6-4-3-5-7-15)16-8-10-17(24)11-9-16/h3-14,26H,2H2,1H3,(H,25,27)/b22-21-. The molecule has 3 aromatic carbocycles. The molecule has 7 heteroatoms. The van der Waals surface area contributed by atoms with Crippen LogP contribution in [0.25, 0.3) is 11.1 Å². The molecule has 0 fully saturated rings. The van der Waals surface area contributed by atoms with Crippen molar-refractivity contribution in [3.63, 3.8) is 0 Å². The van der Waals surface area contributed by atoms with Crippen molar-refractivity contribution in [2.24, 2.45) is 0 Å². The highest BCUT2D eigenvalue weighted by atomic mass is 35.5. The van der Waals surface area contributed by atoms with E-state index in [1.54, 1.807) is 37.3 Å². The van der Waals surface area contributed by atoms with E-state index in [0.717, 1.165) is 16.7 Å². The van der Waals surface area contributed by atoms with Gasteiger partial charge in [0.15, 0.2) is 0 Å². The molecule has 5 nitrogen and oxygen atoms in total. The number of halogens is 1. The fraction of sp³-hybridized carbons (Fsp3) is 0.0870. The maximum Gasteiger partial charge on any atom is 0.257 e. The van der Waals surface area contributed by atoms with Crippen LogP contribution < -0.4 is 10.0 Å². The number of carbonyl (C=O) groups excluding carboxylic acids is 1. The number of hydrogen-bond acceptors (Lipinski definition) is 3. The van der Waals surface area contributed by atoms with Crippen molar-refractivity contribution >= 4 is 50.1 Å². The van der Waals surface area contributed by atoms with E-state index in [4.69, 9.17) is 11.6 Å². The van der Waals surface area contributed by atoms with Gasteiger partial charge in [-0.05, 0) is 48.4 Å². The first kappa shape index (κ1) is 20.2. The maximum atomic E-state index is 13.0. The van der Waals surface area contributed by atoms with Crippen molar-refractivity contribution < 1.29 is 13.2 Å². The monoisotopic (exact) mass is 438 g/mol. The first-order valence-corrected chi connectivity index (χ1v) is 11.4. The van der Waals surface area contributed by atoms with Crippen molar-refractivity contribution in [1.29, 1.82) is 0 Å². The molecule has 0 aliphatic carbocycles. The van der Waals surface area contributed by atoms with Gasteiger partial charge >= 0.3 is 0 Å². The largest absolute Gasteiger partial charge is 0.321 e.